The van der Waals surface area contributed by atoms with E-state index in [1.807, 2.05) is 19.9 Å². The molecule has 0 saturated carbocycles. The van der Waals surface area contributed by atoms with E-state index in [-0.39, 0.29) is 40.1 Å². The summed E-state index contributed by atoms with van der Waals surface area (Å²) in [7, 11) is 0. The zero-order valence-electron chi connectivity index (χ0n) is 14.4. The zero-order valence-corrected chi connectivity index (χ0v) is 14.4. The van der Waals surface area contributed by atoms with Crippen LogP contribution in [0.5, 0.6) is 28.7 Å². The van der Waals surface area contributed by atoms with Crippen LogP contribution in [0.3, 0.4) is 0 Å². The number of aromatic hydroxyl groups is 4. The van der Waals surface area contributed by atoms with Crippen molar-refractivity contribution in [3.63, 3.8) is 0 Å². The fourth-order valence-corrected chi connectivity index (χ4v) is 3.12. The lowest BCUT2D eigenvalue weighted by Crippen LogP contribution is -2.31. The Kier molecular flexibility index (Phi) is 4.50. The number of fused-ring (bicyclic) bond motifs is 1. The number of Topliss-reactive ketones (excluding diaryl/α,β-unsaturated/α-hetero) is 1. The second kappa shape index (κ2) is 6.63. The number of carbonyl (C=O) groups is 1. The molecule has 0 saturated heterocycles. The molecule has 1 aliphatic heterocycles. The molecular formula is C20H20O6. The molecule has 0 amide bonds. The highest BCUT2D eigenvalue weighted by Gasteiger charge is 2.40. The van der Waals surface area contributed by atoms with Crippen molar-refractivity contribution < 1.29 is 30.0 Å². The molecule has 0 bridgehead atoms. The van der Waals surface area contributed by atoms with E-state index in [9.17, 15) is 25.2 Å². The third kappa shape index (κ3) is 3.18. The summed E-state index contributed by atoms with van der Waals surface area (Å²) < 4.78 is 5.90. The van der Waals surface area contributed by atoms with Gasteiger partial charge in [0, 0.05) is 23.8 Å². The predicted molar refractivity (Wildman–Crippen MR) is 94.8 cm³/mol. The average molecular weight is 356 g/mol. The molecule has 0 aliphatic carbocycles. The van der Waals surface area contributed by atoms with Gasteiger partial charge in [0.25, 0.3) is 0 Å². The number of phenols is 4. The Bertz CT molecular complexity index is 895. The van der Waals surface area contributed by atoms with Crippen molar-refractivity contribution >= 4 is 5.78 Å². The molecule has 0 radical (unpaired) electrons. The summed E-state index contributed by atoms with van der Waals surface area (Å²) >= 11 is 0. The van der Waals surface area contributed by atoms with Gasteiger partial charge in [-0.2, -0.15) is 0 Å². The van der Waals surface area contributed by atoms with E-state index >= 15 is 0 Å². The molecule has 1 aliphatic rings. The Morgan fingerprint density at radius 2 is 1.73 bits per heavy atom. The Labute approximate surface area is 150 Å². The molecule has 0 unspecified atom stereocenters. The maximum absolute atomic E-state index is 13.0. The number of carbonyl (C=O) groups excluding carboxylic acids is 1. The quantitative estimate of drug-likeness (QED) is 0.623. The van der Waals surface area contributed by atoms with Gasteiger partial charge in [-0.3, -0.25) is 4.79 Å². The van der Waals surface area contributed by atoms with E-state index in [1.165, 1.54) is 24.3 Å². The number of ketones is 1. The van der Waals surface area contributed by atoms with Crippen LogP contribution in [-0.4, -0.2) is 26.2 Å². The molecule has 0 aromatic heterocycles. The Morgan fingerprint density at radius 3 is 2.38 bits per heavy atom. The smallest absolute Gasteiger partial charge is 0.177 e. The summed E-state index contributed by atoms with van der Waals surface area (Å²) in [5.41, 5.74) is 1.38. The maximum Gasteiger partial charge on any atom is 0.177 e. The van der Waals surface area contributed by atoms with E-state index < -0.39 is 12.0 Å². The minimum atomic E-state index is -0.826. The van der Waals surface area contributed by atoms with Crippen LogP contribution < -0.4 is 4.74 Å². The summed E-state index contributed by atoms with van der Waals surface area (Å²) in [6.07, 6.45) is 1.41. The lowest BCUT2D eigenvalue weighted by Gasteiger charge is -2.33. The van der Waals surface area contributed by atoms with Crippen LogP contribution in [0.25, 0.3) is 0 Å². The van der Waals surface area contributed by atoms with Gasteiger partial charge in [0.1, 0.15) is 40.4 Å². The summed E-state index contributed by atoms with van der Waals surface area (Å²) in [6, 6.07) is 6.42. The van der Waals surface area contributed by atoms with Gasteiger partial charge in [-0.1, -0.05) is 11.6 Å². The van der Waals surface area contributed by atoms with Crippen molar-refractivity contribution in [1.29, 1.82) is 0 Å². The van der Waals surface area contributed by atoms with E-state index in [0.29, 0.717) is 12.0 Å². The highest BCUT2D eigenvalue weighted by molar-refractivity contribution is 6.04. The second-order valence-corrected chi connectivity index (χ2v) is 6.61. The van der Waals surface area contributed by atoms with Crippen LogP contribution in [0.1, 0.15) is 42.3 Å². The van der Waals surface area contributed by atoms with E-state index in [0.717, 1.165) is 11.6 Å². The van der Waals surface area contributed by atoms with Crippen LogP contribution in [0, 0.1) is 5.92 Å². The molecule has 0 fully saturated rings. The first-order chi connectivity index (χ1) is 12.3. The molecule has 0 spiro atoms. The normalized spacial score (nSPS) is 18.8. The number of hydrogen-bond donors (Lipinski definition) is 4. The summed E-state index contributed by atoms with van der Waals surface area (Å²) in [5.74, 6) is -1.84. The van der Waals surface area contributed by atoms with Crippen molar-refractivity contribution in [2.75, 3.05) is 0 Å². The number of benzene rings is 2. The molecular weight excluding hydrogens is 336 g/mol. The Balaban J connectivity index is 2.13. The average Bonchev–Trinajstić information content (AvgIpc) is 2.52. The second-order valence-electron chi connectivity index (χ2n) is 6.61. The Hall–Kier alpha value is -3.15. The summed E-state index contributed by atoms with van der Waals surface area (Å²) in [5, 5.41) is 39.5. The van der Waals surface area contributed by atoms with Crippen LogP contribution >= 0.6 is 0 Å². The third-order valence-electron chi connectivity index (χ3n) is 4.37. The highest BCUT2D eigenvalue weighted by atomic mass is 16.5. The Morgan fingerprint density at radius 1 is 1.04 bits per heavy atom. The van der Waals surface area contributed by atoms with Gasteiger partial charge in [-0.05, 0) is 32.4 Å². The monoisotopic (exact) mass is 356 g/mol. The van der Waals surface area contributed by atoms with Crippen molar-refractivity contribution in [1.82, 2.24) is 0 Å². The van der Waals surface area contributed by atoms with Crippen molar-refractivity contribution in [3.8, 4) is 28.7 Å². The first-order valence-corrected chi connectivity index (χ1v) is 8.20. The number of rotatable bonds is 3. The van der Waals surface area contributed by atoms with Gasteiger partial charge < -0.3 is 25.2 Å². The predicted octanol–water partition coefficient (Wildman–Crippen LogP) is 3.80. The highest BCUT2D eigenvalue weighted by Crippen LogP contribution is 2.47. The van der Waals surface area contributed by atoms with Crippen LogP contribution in [-0.2, 0) is 0 Å². The van der Waals surface area contributed by atoms with E-state index in [4.69, 9.17) is 4.74 Å². The fraction of sp³-hybridized carbons (Fsp3) is 0.250. The molecule has 1 heterocycles. The molecule has 3 rings (SSSR count). The molecule has 2 aromatic rings. The molecule has 136 valence electrons. The first kappa shape index (κ1) is 17.7. The van der Waals surface area contributed by atoms with Crippen molar-refractivity contribution in [3.05, 3.63) is 53.1 Å². The summed E-state index contributed by atoms with van der Waals surface area (Å²) in [4.78, 5) is 13.0. The van der Waals surface area contributed by atoms with Gasteiger partial charge >= 0.3 is 0 Å². The molecule has 26 heavy (non-hydrogen) atoms. The molecule has 6 heteroatoms. The van der Waals surface area contributed by atoms with Crippen molar-refractivity contribution in [2.45, 2.75) is 26.4 Å². The largest absolute Gasteiger partial charge is 0.508 e. The first-order valence-electron chi connectivity index (χ1n) is 8.20. The van der Waals surface area contributed by atoms with E-state index in [2.05, 4.69) is 0 Å². The lowest BCUT2D eigenvalue weighted by molar-refractivity contribution is 0.0649. The minimum Gasteiger partial charge on any atom is -0.508 e. The third-order valence-corrected chi connectivity index (χ3v) is 4.37. The van der Waals surface area contributed by atoms with Gasteiger partial charge in [-0.15, -0.1) is 0 Å². The number of ether oxygens (including phenoxy) is 1. The zero-order chi connectivity index (χ0) is 19.0. The standard InChI is InChI=1S/C20H20O6/c1-10(2)3-5-14-19(25)18-16(24)8-12(22)9-17(18)26-20(14)13-6-4-11(21)7-15(13)23/h3-4,6-9,14,20-24H,5H2,1-2H3/t14-,20+/m0/s1. The molecule has 2 atom stereocenters. The topological polar surface area (TPSA) is 107 Å². The van der Waals surface area contributed by atoms with Crippen LogP contribution in [0.2, 0.25) is 0 Å². The lowest BCUT2D eigenvalue weighted by atomic mass is 9.82. The summed E-state index contributed by atoms with van der Waals surface area (Å²) in [6.45, 7) is 3.81. The minimum absolute atomic E-state index is 0.0180. The van der Waals surface area contributed by atoms with Gasteiger partial charge in [0.2, 0.25) is 0 Å². The van der Waals surface area contributed by atoms with Gasteiger partial charge in [0.15, 0.2) is 5.78 Å². The maximum atomic E-state index is 13.0. The van der Waals surface area contributed by atoms with Crippen LogP contribution in [0.4, 0.5) is 0 Å². The molecule has 6 nitrogen and oxygen atoms in total. The van der Waals surface area contributed by atoms with Gasteiger partial charge in [0.05, 0.1) is 5.92 Å². The van der Waals surface area contributed by atoms with E-state index in [1.54, 1.807) is 0 Å². The number of hydrogen-bond acceptors (Lipinski definition) is 6. The fourth-order valence-electron chi connectivity index (χ4n) is 3.12. The molecule has 4 N–H and O–H groups in total. The molecule has 2 aromatic carbocycles. The van der Waals surface area contributed by atoms with Gasteiger partial charge in [-0.25, -0.2) is 0 Å². The SMILES string of the molecule is CC(C)=CC[C@H]1C(=O)c2c(O)cc(O)cc2O[C@@H]1c1ccc(O)cc1O. The van der Waals surface area contributed by atoms with Crippen LogP contribution in [0.15, 0.2) is 42.0 Å². The number of phenolic OH excluding ortho intramolecular Hbond substituents is 4. The number of allylic oxidation sites excluding steroid dienone is 2. The van der Waals surface area contributed by atoms with Crippen molar-refractivity contribution in [2.24, 2.45) is 5.92 Å².